The molecule has 0 aliphatic rings. The molecule has 62 heavy (non-hydrogen) atoms. The molecule has 6 aromatic rings. The minimum Gasteiger partial charge on any atom is -0.207 e. The van der Waals surface area contributed by atoms with Crippen LogP contribution in [0.15, 0.2) is 54.7 Å². The molecule has 5 aromatic carbocycles. The van der Waals surface area contributed by atoms with Crippen LogP contribution in [-0.4, -0.2) is 6.15 Å². The lowest BCUT2D eigenvalue weighted by Gasteiger charge is -2.44. The van der Waals surface area contributed by atoms with Crippen LogP contribution in [-0.2, 0) is 8.69 Å². The van der Waals surface area contributed by atoms with Crippen molar-refractivity contribution < 1.29 is 92.4 Å². The summed E-state index contributed by atoms with van der Waals surface area (Å²) in [6, 6.07) is 16.5. The molecule has 0 bridgehead atoms. The van der Waals surface area contributed by atoms with Crippen molar-refractivity contribution in [3.63, 3.8) is 0 Å². The number of alkyl halides is 3. The first-order valence-electron chi connectivity index (χ1n) is 16.1. The molecule has 0 fully saturated rings. The van der Waals surface area contributed by atoms with E-state index in [1.54, 1.807) is 0 Å². The van der Waals surface area contributed by atoms with Gasteiger partial charge in [0, 0.05) is 17.7 Å². The summed E-state index contributed by atoms with van der Waals surface area (Å²) in [5.41, 5.74) is -11.9. The molecule has 0 unspecified atom stereocenters. The van der Waals surface area contributed by atoms with Crippen molar-refractivity contribution in [2.24, 2.45) is 0 Å². The number of hydrogen-bond donors (Lipinski definition) is 0. The van der Waals surface area contributed by atoms with E-state index >= 15 is 35.1 Å². The molecule has 0 aliphatic carbocycles. The van der Waals surface area contributed by atoms with E-state index < -0.39 is 144 Å². The van der Waals surface area contributed by atoms with Gasteiger partial charge in [-0.1, -0.05) is 30.3 Å². The van der Waals surface area contributed by atoms with Crippen molar-refractivity contribution in [1.82, 2.24) is 0 Å². The molecule has 0 amide bonds. The summed E-state index contributed by atoms with van der Waals surface area (Å²) >= 11 is 10.7. The predicted molar refractivity (Wildman–Crippen MR) is 190 cm³/mol. The smallest absolute Gasteiger partial charge is 0.207 e. The van der Waals surface area contributed by atoms with E-state index in [2.05, 4.69) is 88.9 Å². The van der Waals surface area contributed by atoms with E-state index in [0.29, 0.717) is 0 Å². The van der Waals surface area contributed by atoms with Crippen molar-refractivity contribution in [2.75, 3.05) is 0 Å². The fourth-order valence-electron chi connectivity index (χ4n) is 6.53. The molecule has 25 heteroatoms. The van der Waals surface area contributed by atoms with Crippen LogP contribution < -0.4 is 26.4 Å². The second kappa shape index (κ2) is 17.9. The number of hydrogen-bond acceptors (Lipinski definition) is 0. The Labute approximate surface area is 357 Å². The maximum Gasteiger partial charge on any atom is 0.220 e. The molecule has 0 saturated heterocycles. The maximum absolute atomic E-state index is 15.4. The Hall–Kier alpha value is -4.65. The number of rotatable bonds is 6. The van der Waals surface area contributed by atoms with Crippen LogP contribution in [0.25, 0.3) is 0 Å². The zero-order chi connectivity index (χ0) is 46.7. The van der Waals surface area contributed by atoms with Gasteiger partial charge in [-0.2, -0.15) is 4.57 Å². The normalized spacial score (nSPS) is 11.9. The van der Waals surface area contributed by atoms with Crippen molar-refractivity contribution in [2.45, 2.75) is 8.69 Å². The van der Waals surface area contributed by atoms with E-state index in [1.807, 2.05) is 18.2 Å². The van der Waals surface area contributed by atoms with Gasteiger partial charge in [-0.3, -0.25) is 0 Å². The van der Waals surface area contributed by atoms with Gasteiger partial charge in [-0.25, -0.2) is 87.8 Å². The van der Waals surface area contributed by atoms with Gasteiger partial charge in [0.05, 0.1) is 0 Å². The highest BCUT2D eigenvalue weighted by Crippen LogP contribution is 2.42. The third-order valence-electron chi connectivity index (χ3n) is 9.13. The Morgan fingerprint density at radius 2 is 0.581 bits per heavy atom. The third-order valence-corrected chi connectivity index (χ3v) is 10.4. The van der Waals surface area contributed by atoms with Crippen molar-refractivity contribution >= 4 is 75.8 Å². The fourth-order valence-corrected chi connectivity index (χ4v) is 7.61. The molecule has 1 heterocycles. The first-order valence-corrected chi connectivity index (χ1v) is 18.5. The molecule has 1 nitrogen and oxygen atoms in total. The highest BCUT2D eigenvalue weighted by atomic mass is 80.0. The Morgan fingerprint density at radius 3 is 0.839 bits per heavy atom. The van der Waals surface area contributed by atoms with Crippen LogP contribution in [0.2, 0.25) is 0 Å². The van der Waals surface area contributed by atoms with Gasteiger partial charge in [0.1, 0.15) is 52.7 Å². The van der Waals surface area contributed by atoms with Crippen molar-refractivity contribution in [3.05, 3.63) is 182 Å². The van der Waals surface area contributed by atoms with Gasteiger partial charge in [0.15, 0.2) is 82.5 Å². The number of aromatic nitrogens is 1. The van der Waals surface area contributed by atoms with Crippen molar-refractivity contribution in [3.8, 4) is 0 Å². The lowest BCUT2D eigenvalue weighted by atomic mass is 9.12. The van der Waals surface area contributed by atoms with E-state index in [-0.39, 0.29) is 2.14 Å². The molecule has 0 radical (unpaired) electrons. The summed E-state index contributed by atoms with van der Waals surface area (Å²) in [4.78, 5) is 0. The van der Waals surface area contributed by atoms with E-state index in [4.69, 9.17) is 0 Å². The molecular formula is C37H11BBr3F20N. The number of halogens is 23. The quantitative estimate of drug-likeness (QED) is 0.0391. The van der Waals surface area contributed by atoms with Crippen molar-refractivity contribution in [1.29, 1.82) is 0 Å². The molecule has 1 aromatic heterocycles. The standard InChI is InChI=1S/C24BF20.C13H11Br3N/c26-5-1(6(27)14(35)21(42)13(5)34)25(2-7(28)15(36)22(43)16(37)8(2)29,3-9(30)17(38)23(44)18(39)10(3)31)4-11(32)19(40)24(45)20(41)12(4)33;14-13(15,16)12-8-4-5-9-17(12)10-11-6-2-1-3-7-11/h;1-9H,10H2/q-1;+1. The average Bonchev–Trinajstić information content (AvgIpc) is 3.24. The summed E-state index contributed by atoms with van der Waals surface area (Å²) in [5.74, 6) is -71.4. The van der Waals surface area contributed by atoms with Crippen LogP contribution in [0.5, 0.6) is 0 Å². The molecular weight excluding hydrogens is 1090 g/mol. The van der Waals surface area contributed by atoms with E-state index in [9.17, 15) is 52.7 Å². The highest BCUT2D eigenvalue weighted by molar-refractivity contribution is 9.38. The first kappa shape index (κ1) is 48.4. The second-order valence-corrected chi connectivity index (χ2v) is 19.3. The maximum atomic E-state index is 15.4. The van der Waals surface area contributed by atoms with Crippen LogP contribution in [0.4, 0.5) is 87.8 Å². The minimum absolute atomic E-state index is 0.386. The Kier molecular flexibility index (Phi) is 13.9. The minimum atomic E-state index is -7.22. The summed E-state index contributed by atoms with van der Waals surface area (Å²) in [5, 5.41) is 0. The monoisotopic (exact) mass is 1100 g/mol. The predicted octanol–water partition coefficient (Wildman–Crippen LogP) is 10.2. The lowest BCUT2D eigenvalue weighted by molar-refractivity contribution is -0.695. The highest BCUT2D eigenvalue weighted by Gasteiger charge is 2.52. The number of benzene rings is 5. The van der Waals surface area contributed by atoms with E-state index in [0.717, 1.165) is 12.2 Å². The molecule has 6 rings (SSSR count). The van der Waals surface area contributed by atoms with Gasteiger partial charge in [-0.15, -0.1) is 21.9 Å². The largest absolute Gasteiger partial charge is 0.220 e. The second-order valence-electron chi connectivity index (χ2n) is 12.5. The first-order chi connectivity index (χ1) is 28.8. The zero-order valence-electron chi connectivity index (χ0n) is 29.1. The van der Waals surface area contributed by atoms with Gasteiger partial charge in [0.25, 0.3) is 0 Å². The summed E-state index contributed by atoms with van der Waals surface area (Å²) in [7, 11) is 0. The summed E-state index contributed by atoms with van der Waals surface area (Å²) in [6.07, 6.45) is -5.15. The van der Waals surface area contributed by atoms with Crippen LogP contribution in [0, 0.1) is 116 Å². The van der Waals surface area contributed by atoms with Gasteiger partial charge >= 0.3 is 0 Å². The van der Waals surface area contributed by atoms with E-state index in [1.165, 1.54) is 5.56 Å². The number of pyridine rings is 1. The molecule has 0 saturated carbocycles. The van der Waals surface area contributed by atoms with Crippen LogP contribution in [0.1, 0.15) is 11.3 Å². The van der Waals surface area contributed by atoms with Gasteiger partial charge < -0.3 is 0 Å². The van der Waals surface area contributed by atoms with Gasteiger partial charge in [-0.05, 0) is 53.9 Å². The Bertz CT molecular complexity index is 2390. The molecule has 0 aliphatic heterocycles. The fraction of sp³-hybridized carbons (Fsp3) is 0.0541. The molecule has 0 N–H and O–H groups in total. The lowest BCUT2D eigenvalue weighted by Crippen LogP contribution is -2.81. The molecule has 0 spiro atoms. The van der Waals surface area contributed by atoms with Gasteiger partial charge in [0.2, 0.25) is 7.84 Å². The molecule has 328 valence electrons. The third kappa shape index (κ3) is 7.85. The summed E-state index contributed by atoms with van der Waals surface area (Å²) in [6.45, 7) is 0.849. The number of nitrogens with zero attached hydrogens (tertiary/aromatic N) is 1. The average molecular weight is 1100 g/mol. The SMILES string of the molecule is BrC(Br)(Br)c1cccc[n+]1Cc1ccccc1.Fc1c(F)c(F)c([B-](c2c(F)c(F)c(F)c(F)c2F)(c2c(F)c(F)c(F)c(F)c2F)c2c(F)c(F)c(F)c(F)c2F)c(F)c1F. The zero-order valence-corrected chi connectivity index (χ0v) is 33.9. The van der Waals surface area contributed by atoms with Crippen LogP contribution >= 0.6 is 47.8 Å². The Balaban J connectivity index is 0.000000355. The Morgan fingerprint density at radius 1 is 0.339 bits per heavy atom. The topological polar surface area (TPSA) is 3.88 Å². The van der Waals surface area contributed by atoms with Crippen LogP contribution in [0.3, 0.4) is 0 Å². The summed E-state index contributed by atoms with van der Waals surface area (Å²) < 4.78 is 296. The molecule has 0 atom stereocenters.